The van der Waals surface area contributed by atoms with Gasteiger partial charge in [0.25, 0.3) is 0 Å². The minimum absolute atomic E-state index is 1.13. The van der Waals surface area contributed by atoms with Gasteiger partial charge in [0.05, 0.1) is 8.07 Å². The molecule has 0 N–H and O–H groups in total. The average Bonchev–Trinajstić information content (AvgIpc) is 2.45. The topological polar surface area (TPSA) is 0 Å². The number of halogens is 1. The van der Waals surface area contributed by atoms with Gasteiger partial charge < -0.3 is 0 Å². The second-order valence-electron chi connectivity index (χ2n) is 4.87. The molecule has 0 saturated carbocycles. The average molecular weight is 267 g/mol. The molecule has 0 saturated heterocycles. The highest BCUT2D eigenvalue weighted by molar-refractivity contribution is 9.10. The molecule has 2 heteroatoms. The Morgan fingerprint density at radius 3 is 2.57 bits per heavy atom. The second kappa shape index (κ2) is 3.35. The minimum Gasteiger partial charge on any atom is -0.0803 e. The van der Waals surface area contributed by atoms with Gasteiger partial charge in [-0.2, -0.15) is 0 Å². The van der Waals surface area contributed by atoms with E-state index in [1.807, 2.05) is 0 Å². The van der Waals surface area contributed by atoms with E-state index in [-0.39, 0.29) is 0 Å². The molecule has 1 aliphatic carbocycles. The van der Waals surface area contributed by atoms with Gasteiger partial charge in [0.1, 0.15) is 0 Å². The Bertz CT molecular complexity index is 399. The van der Waals surface area contributed by atoms with Gasteiger partial charge in [-0.25, -0.2) is 0 Å². The molecule has 2 rings (SSSR count). The smallest absolute Gasteiger partial charge is 0.0779 e. The zero-order valence-corrected chi connectivity index (χ0v) is 11.5. The maximum Gasteiger partial charge on any atom is 0.0779 e. The van der Waals surface area contributed by atoms with E-state index < -0.39 is 8.07 Å². The van der Waals surface area contributed by atoms with Crippen LogP contribution in [0.5, 0.6) is 0 Å². The molecule has 0 amide bonds. The second-order valence-corrected chi connectivity index (χ2v) is 10.8. The molecule has 0 radical (unpaired) electrons. The van der Waals surface area contributed by atoms with Gasteiger partial charge in [-0.1, -0.05) is 52.9 Å². The lowest BCUT2D eigenvalue weighted by Crippen LogP contribution is -2.21. The van der Waals surface area contributed by atoms with Crippen LogP contribution in [0.2, 0.25) is 19.6 Å². The molecule has 1 aromatic carbocycles. The lowest BCUT2D eigenvalue weighted by molar-refractivity contribution is 1.31. The highest BCUT2D eigenvalue weighted by atomic mass is 79.9. The van der Waals surface area contributed by atoms with Crippen molar-refractivity contribution < 1.29 is 0 Å². The summed E-state index contributed by atoms with van der Waals surface area (Å²) in [5.74, 6) is 0. The molecule has 74 valence electrons. The van der Waals surface area contributed by atoms with Gasteiger partial charge in [0.15, 0.2) is 0 Å². The van der Waals surface area contributed by atoms with Crippen LogP contribution in [0, 0.1) is 0 Å². The zero-order chi connectivity index (χ0) is 10.3. The number of allylic oxidation sites excluding steroid dienone is 1. The Labute approximate surface area is 95.2 Å². The van der Waals surface area contributed by atoms with Crippen LogP contribution in [0.15, 0.2) is 28.7 Å². The predicted octanol–water partition coefficient (Wildman–Crippen LogP) is 4.27. The molecule has 0 unspecified atom stereocenters. The third kappa shape index (κ3) is 1.73. The van der Waals surface area contributed by atoms with Gasteiger partial charge in [0.2, 0.25) is 0 Å². The standard InChI is InChI=1S/C12H15BrSi/c1-14(2,3)12-7-5-9-4-6-10(13)8-11(9)12/h4,6-8H,5H2,1-3H3. The summed E-state index contributed by atoms with van der Waals surface area (Å²) in [5, 5.41) is 1.62. The van der Waals surface area contributed by atoms with Crippen LogP contribution in [0.25, 0.3) is 5.20 Å². The van der Waals surface area contributed by atoms with E-state index in [0.717, 1.165) is 6.42 Å². The number of hydrogen-bond acceptors (Lipinski definition) is 0. The summed E-state index contributed by atoms with van der Waals surface area (Å²) >= 11 is 3.55. The van der Waals surface area contributed by atoms with Crippen LogP contribution >= 0.6 is 15.9 Å². The molecule has 1 aromatic rings. The summed E-state index contributed by atoms with van der Waals surface area (Å²) in [6, 6.07) is 6.65. The van der Waals surface area contributed by atoms with Gasteiger partial charge in [-0.15, -0.1) is 0 Å². The molecule has 0 nitrogen and oxygen atoms in total. The van der Waals surface area contributed by atoms with Crippen LogP contribution in [0.1, 0.15) is 11.1 Å². The Hall–Kier alpha value is -0.343. The molecule has 0 aromatic heterocycles. The fourth-order valence-corrected chi connectivity index (χ4v) is 4.13. The van der Waals surface area contributed by atoms with Crippen molar-refractivity contribution in [2.75, 3.05) is 0 Å². The first-order valence-corrected chi connectivity index (χ1v) is 9.27. The van der Waals surface area contributed by atoms with Crippen molar-refractivity contribution >= 4 is 29.2 Å². The Morgan fingerprint density at radius 1 is 1.21 bits per heavy atom. The van der Waals surface area contributed by atoms with Crippen molar-refractivity contribution in [1.29, 1.82) is 0 Å². The van der Waals surface area contributed by atoms with E-state index in [1.54, 1.807) is 5.20 Å². The van der Waals surface area contributed by atoms with Crippen LogP contribution < -0.4 is 0 Å². The summed E-state index contributed by atoms with van der Waals surface area (Å²) in [6.45, 7) is 7.23. The fraction of sp³-hybridized carbons (Fsp3) is 0.333. The third-order valence-corrected chi connectivity index (χ3v) is 5.28. The highest BCUT2D eigenvalue weighted by Gasteiger charge is 2.25. The summed E-state index contributed by atoms with van der Waals surface area (Å²) < 4.78 is 1.20. The van der Waals surface area contributed by atoms with E-state index in [2.05, 4.69) is 59.8 Å². The monoisotopic (exact) mass is 266 g/mol. The molecule has 0 bridgehead atoms. The van der Waals surface area contributed by atoms with Gasteiger partial charge >= 0.3 is 0 Å². The number of rotatable bonds is 1. The van der Waals surface area contributed by atoms with Gasteiger partial charge in [0, 0.05) is 4.47 Å². The SMILES string of the molecule is C[Si](C)(C)C1=CCc2ccc(Br)cc21. The Kier molecular flexibility index (Phi) is 2.44. The van der Waals surface area contributed by atoms with Crippen molar-refractivity contribution in [2.45, 2.75) is 26.1 Å². The Morgan fingerprint density at radius 2 is 1.93 bits per heavy atom. The van der Waals surface area contributed by atoms with E-state index in [4.69, 9.17) is 0 Å². The maximum atomic E-state index is 3.55. The van der Waals surface area contributed by atoms with E-state index in [0.29, 0.717) is 0 Å². The van der Waals surface area contributed by atoms with Crippen LogP contribution in [0.3, 0.4) is 0 Å². The maximum absolute atomic E-state index is 3.55. The molecule has 0 aliphatic heterocycles. The largest absolute Gasteiger partial charge is 0.0803 e. The van der Waals surface area contributed by atoms with Gasteiger partial charge in [-0.3, -0.25) is 0 Å². The summed E-state index contributed by atoms with van der Waals surface area (Å²) in [6.07, 6.45) is 3.55. The molecule has 0 fully saturated rings. The molecule has 0 heterocycles. The normalized spacial score (nSPS) is 15.3. The van der Waals surface area contributed by atoms with E-state index in [9.17, 15) is 0 Å². The molecule has 0 atom stereocenters. The first-order chi connectivity index (χ1) is 6.48. The van der Waals surface area contributed by atoms with Crippen LogP contribution in [-0.4, -0.2) is 8.07 Å². The van der Waals surface area contributed by atoms with Gasteiger partial charge in [-0.05, 0) is 29.7 Å². The number of benzene rings is 1. The summed E-state index contributed by atoms with van der Waals surface area (Å²) in [7, 11) is -1.16. The van der Waals surface area contributed by atoms with Crippen LogP contribution in [-0.2, 0) is 6.42 Å². The highest BCUT2D eigenvalue weighted by Crippen LogP contribution is 2.35. The van der Waals surface area contributed by atoms with Crippen molar-refractivity contribution in [3.63, 3.8) is 0 Å². The van der Waals surface area contributed by atoms with Crippen molar-refractivity contribution in [3.8, 4) is 0 Å². The van der Waals surface area contributed by atoms with E-state index >= 15 is 0 Å². The Balaban J connectivity index is 2.51. The minimum atomic E-state index is -1.16. The lowest BCUT2D eigenvalue weighted by atomic mass is 10.1. The molecular formula is C12H15BrSi. The quantitative estimate of drug-likeness (QED) is 0.667. The lowest BCUT2D eigenvalue weighted by Gasteiger charge is -2.19. The first-order valence-electron chi connectivity index (χ1n) is 4.98. The molecule has 1 aliphatic rings. The zero-order valence-electron chi connectivity index (χ0n) is 8.89. The van der Waals surface area contributed by atoms with E-state index in [1.165, 1.54) is 15.6 Å². The van der Waals surface area contributed by atoms with Crippen molar-refractivity contribution in [3.05, 3.63) is 39.9 Å². The predicted molar refractivity (Wildman–Crippen MR) is 69.2 cm³/mol. The summed E-state index contributed by atoms with van der Waals surface area (Å²) in [4.78, 5) is 0. The first kappa shape index (κ1) is 10.2. The van der Waals surface area contributed by atoms with Crippen molar-refractivity contribution in [2.24, 2.45) is 0 Å². The van der Waals surface area contributed by atoms with Crippen molar-refractivity contribution in [1.82, 2.24) is 0 Å². The van der Waals surface area contributed by atoms with Crippen LogP contribution in [0.4, 0.5) is 0 Å². The number of fused-ring (bicyclic) bond motifs is 1. The fourth-order valence-electron chi connectivity index (χ4n) is 2.01. The summed E-state index contributed by atoms with van der Waals surface area (Å²) in [5.41, 5.74) is 2.98. The number of hydrogen-bond donors (Lipinski definition) is 0. The molecular weight excluding hydrogens is 252 g/mol. The third-order valence-electron chi connectivity index (χ3n) is 2.70. The molecule has 0 spiro atoms. The molecule has 14 heavy (non-hydrogen) atoms.